The fourth-order valence-electron chi connectivity index (χ4n) is 3.91. The highest BCUT2D eigenvalue weighted by Gasteiger charge is 2.25. The van der Waals surface area contributed by atoms with Gasteiger partial charge in [0.1, 0.15) is 0 Å². The summed E-state index contributed by atoms with van der Waals surface area (Å²) < 4.78 is 26.3. The monoisotopic (exact) mass is 425 g/mol. The number of hydrogen-bond donors (Lipinski definition) is 2. The molecule has 0 aromatic heterocycles. The predicted octanol–water partition coefficient (Wildman–Crippen LogP) is 3.93. The average molecular weight is 426 g/mol. The zero-order valence-electron chi connectivity index (χ0n) is 17.1. The number of benzene rings is 2. The minimum atomic E-state index is -3.38. The molecule has 2 aliphatic heterocycles. The highest BCUT2D eigenvalue weighted by atomic mass is 32.2. The minimum Gasteiger partial charge on any atom is -0.321 e. The Hall–Kier alpha value is -2.64. The molecule has 2 aliphatic rings. The summed E-state index contributed by atoms with van der Waals surface area (Å²) in [6.07, 6.45) is 5.72. The van der Waals surface area contributed by atoms with E-state index in [1.165, 1.54) is 24.8 Å². The van der Waals surface area contributed by atoms with Crippen LogP contribution in [-0.4, -0.2) is 38.1 Å². The van der Waals surface area contributed by atoms with Crippen LogP contribution in [0.15, 0.2) is 42.5 Å². The highest BCUT2D eigenvalue weighted by molar-refractivity contribution is 7.92. The third kappa shape index (κ3) is 4.74. The first-order valence-electron chi connectivity index (χ1n) is 10.4. The summed E-state index contributed by atoms with van der Waals surface area (Å²) in [5, 5.41) is 2.85. The largest absolute Gasteiger partial charge is 0.321 e. The Morgan fingerprint density at radius 3 is 2.50 bits per heavy atom. The van der Waals surface area contributed by atoms with E-state index in [1.54, 1.807) is 25.1 Å². The molecule has 0 saturated carbocycles. The molecule has 7 heteroatoms. The topological polar surface area (TPSA) is 78.5 Å². The number of carbonyl (C=O) groups excluding carboxylic acids is 1. The van der Waals surface area contributed by atoms with Gasteiger partial charge in [-0.15, -0.1) is 0 Å². The second-order valence-corrected chi connectivity index (χ2v) is 9.87. The van der Waals surface area contributed by atoms with E-state index in [0.29, 0.717) is 22.5 Å². The molecule has 158 valence electrons. The molecule has 1 saturated heterocycles. The van der Waals surface area contributed by atoms with E-state index in [2.05, 4.69) is 27.1 Å². The Kier molecular flexibility index (Phi) is 5.92. The van der Waals surface area contributed by atoms with Crippen LogP contribution in [0, 0.1) is 0 Å². The first-order chi connectivity index (χ1) is 14.4. The number of amides is 1. The smallest absolute Gasteiger partial charge is 0.256 e. The molecular weight excluding hydrogens is 398 g/mol. The Morgan fingerprint density at radius 1 is 1.07 bits per heavy atom. The number of sulfonamides is 1. The van der Waals surface area contributed by atoms with Crippen molar-refractivity contribution < 1.29 is 13.2 Å². The summed E-state index contributed by atoms with van der Waals surface area (Å²) >= 11 is 0. The van der Waals surface area contributed by atoms with E-state index < -0.39 is 10.0 Å². The summed E-state index contributed by atoms with van der Waals surface area (Å²) in [6, 6.07) is 13.4. The van der Waals surface area contributed by atoms with E-state index in [0.717, 1.165) is 25.2 Å². The van der Waals surface area contributed by atoms with Gasteiger partial charge in [0.25, 0.3) is 5.91 Å². The maximum atomic E-state index is 12.5. The van der Waals surface area contributed by atoms with E-state index in [4.69, 9.17) is 0 Å². The summed E-state index contributed by atoms with van der Waals surface area (Å²) in [6.45, 7) is 4.86. The number of likely N-dealkylation sites (tertiary alicyclic amines) is 1. The molecule has 1 fully saturated rings. The van der Waals surface area contributed by atoms with Crippen LogP contribution in [0.2, 0.25) is 0 Å². The minimum absolute atomic E-state index is 0.00621. The highest BCUT2D eigenvalue weighted by Crippen LogP contribution is 2.35. The summed E-state index contributed by atoms with van der Waals surface area (Å²) in [5.74, 6) is -0.189. The van der Waals surface area contributed by atoms with Crippen molar-refractivity contribution in [3.05, 3.63) is 59.2 Å². The molecule has 2 N–H and O–H groups in total. The number of nitrogens with zero attached hydrogens (tertiary/aromatic N) is 1. The van der Waals surface area contributed by atoms with Gasteiger partial charge < -0.3 is 5.32 Å². The molecule has 0 atom stereocenters. The quantitative estimate of drug-likeness (QED) is 0.688. The second kappa shape index (κ2) is 8.62. The number of anilines is 2. The molecule has 30 heavy (non-hydrogen) atoms. The first kappa shape index (κ1) is 20.6. The lowest BCUT2D eigenvalue weighted by molar-refractivity contribution is -0.110. The van der Waals surface area contributed by atoms with E-state index in [-0.39, 0.29) is 11.7 Å². The van der Waals surface area contributed by atoms with Crippen LogP contribution in [-0.2, 0) is 21.4 Å². The number of nitrogens with one attached hydrogen (secondary N) is 2. The number of piperidine rings is 1. The van der Waals surface area contributed by atoms with Gasteiger partial charge in [-0.2, -0.15) is 0 Å². The lowest BCUT2D eigenvalue weighted by Gasteiger charge is -2.26. The fraction of sp³-hybridized carbons (Fsp3) is 0.348. The van der Waals surface area contributed by atoms with E-state index >= 15 is 0 Å². The molecule has 4 rings (SSSR count). The molecule has 0 spiro atoms. The SMILES string of the molecule is CCS(=O)(=O)Nc1ccc2c(c1)C(=Cc1ccc(CN3CCCCC3)cc1)C(=O)N2. The molecule has 0 bridgehead atoms. The van der Waals surface area contributed by atoms with Crippen molar-refractivity contribution in [3.63, 3.8) is 0 Å². The molecule has 2 heterocycles. The van der Waals surface area contributed by atoms with Gasteiger partial charge >= 0.3 is 0 Å². The van der Waals surface area contributed by atoms with Crippen LogP contribution in [0.5, 0.6) is 0 Å². The van der Waals surface area contributed by atoms with Crippen molar-refractivity contribution in [1.29, 1.82) is 0 Å². The van der Waals surface area contributed by atoms with Crippen molar-refractivity contribution in [2.75, 3.05) is 28.9 Å². The van der Waals surface area contributed by atoms with Crippen LogP contribution in [0.25, 0.3) is 11.6 Å². The standard InChI is InChI=1S/C23H27N3O3S/c1-2-30(28,29)25-19-10-11-22-20(15-19)21(23(27)24-22)14-17-6-8-18(9-7-17)16-26-12-4-3-5-13-26/h6-11,14-15,25H,2-5,12-13,16H2,1H3,(H,24,27). The number of rotatable bonds is 6. The first-order valence-corrected chi connectivity index (χ1v) is 12.1. The average Bonchev–Trinajstić information content (AvgIpc) is 3.05. The van der Waals surface area contributed by atoms with Gasteiger partial charge in [0.2, 0.25) is 10.0 Å². The third-order valence-electron chi connectivity index (χ3n) is 5.60. The van der Waals surface area contributed by atoms with Crippen LogP contribution < -0.4 is 10.0 Å². The third-order valence-corrected chi connectivity index (χ3v) is 6.91. The van der Waals surface area contributed by atoms with Gasteiger partial charge in [-0.3, -0.25) is 14.4 Å². The van der Waals surface area contributed by atoms with Gasteiger partial charge in [0, 0.05) is 29.1 Å². The Bertz CT molecular complexity index is 1070. The zero-order valence-corrected chi connectivity index (χ0v) is 18.0. The number of hydrogen-bond acceptors (Lipinski definition) is 4. The molecule has 1 amide bonds. The van der Waals surface area contributed by atoms with Crippen LogP contribution in [0.4, 0.5) is 11.4 Å². The van der Waals surface area contributed by atoms with Crippen LogP contribution in [0.3, 0.4) is 0 Å². The maximum absolute atomic E-state index is 12.5. The van der Waals surface area contributed by atoms with Crippen molar-refractivity contribution in [1.82, 2.24) is 4.90 Å². The lowest BCUT2D eigenvalue weighted by Crippen LogP contribution is -2.29. The zero-order chi connectivity index (χ0) is 21.1. The number of fused-ring (bicyclic) bond motifs is 1. The Balaban J connectivity index is 1.54. The van der Waals surface area contributed by atoms with Crippen LogP contribution >= 0.6 is 0 Å². The van der Waals surface area contributed by atoms with Gasteiger partial charge in [-0.25, -0.2) is 8.42 Å². The van der Waals surface area contributed by atoms with Gasteiger partial charge in [0.05, 0.1) is 5.75 Å². The summed E-state index contributed by atoms with van der Waals surface area (Å²) in [5.41, 5.74) is 4.59. The maximum Gasteiger partial charge on any atom is 0.256 e. The van der Waals surface area contributed by atoms with Crippen molar-refractivity contribution in [3.8, 4) is 0 Å². The number of carbonyl (C=O) groups is 1. The Labute approximate surface area is 178 Å². The molecule has 0 aliphatic carbocycles. The van der Waals surface area contributed by atoms with Gasteiger partial charge in [-0.05, 0) is 68.3 Å². The molecule has 2 aromatic rings. The van der Waals surface area contributed by atoms with Crippen molar-refractivity contribution in [2.45, 2.75) is 32.7 Å². The van der Waals surface area contributed by atoms with E-state index in [9.17, 15) is 13.2 Å². The predicted molar refractivity (Wildman–Crippen MR) is 122 cm³/mol. The van der Waals surface area contributed by atoms with Crippen LogP contribution in [0.1, 0.15) is 42.9 Å². The molecule has 0 radical (unpaired) electrons. The van der Waals surface area contributed by atoms with E-state index in [1.807, 2.05) is 18.2 Å². The normalized spacial score (nSPS) is 18.3. The van der Waals surface area contributed by atoms with Crippen molar-refractivity contribution >= 4 is 39.0 Å². The summed E-state index contributed by atoms with van der Waals surface area (Å²) in [7, 11) is -3.38. The van der Waals surface area contributed by atoms with Crippen molar-refractivity contribution in [2.24, 2.45) is 0 Å². The van der Waals surface area contributed by atoms with Gasteiger partial charge in [-0.1, -0.05) is 30.7 Å². The Morgan fingerprint density at radius 2 is 1.80 bits per heavy atom. The van der Waals surface area contributed by atoms with Gasteiger partial charge in [0.15, 0.2) is 0 Å². The fourth-order valence-corrected chi connectivity index (χ4v) is 4.54. The summed E-state index contributed by atoms with van der Waals surface area (Å²) in [4.78, 5) is 15.0. The lowest BCUT2D eigenvalue weighted by atomic mass is 10.0. The molecule has 2 aromatic carbocycles. The molecule has 0 unspecified atom stereocenters. The second-order valence-electron chi connectivity index (χ2n) is 7.86. The molecule has 6 nitrogen and oxygen atoms in total. The molecular formula is C23H27N3O3S.